The zero-order valence-electron chi connectivity index (χ0n) is 23.7. The Bertz CT molecular complexity index is 1480. The van der Waals surface area contributed by atoms with Crippen LogP contribution in [0.4, 0.5) is 10.5 Å². The van der Waals surface area contributed by atoms with Crippen molar-refractivity contribution >= 4 is 40.3 Å². The van der Waals surface area contributed by atoms with Crippen LogP contribution in [0.5, 0.6) is 5.75 Å². The van der Waals surface area contributed by atoms with E-state index in [4.69, 9.17) is 30.5 Å². The van der Waals surface area contributed by atoms with Crippen LogP contribution in [0.25, 0.3) is 22.0 Å². The van der Waals surface area contributed by atoms with Gasteiger partial charge in [-0.15, -0.1) is 0 Å². The molecule has 0 unspecified atom stereocenters. The van der Waals surface area contributed by atoms with Crippen LogP contribution >= 0.6 is 11.6 Å². The third kappa shape index (κ3) is 6.81. The Morgan fingerprint density at radius 2 is 2.00 bits per heavy atom. The van der Waals surface area contributed by atoms with Crippen molar-refractivity contribution < 1.29 is 28.5 Å². The van der Waals surface area contributed by atoms with Crippen molar-refractivity contribution in [3.8, 4) is 22.9 Å². The fourth-order valence-corrected chi connectivity index (χ4v) is 5.22. The first-order valence-corrected chi connectivity index (χ1v) is 13.5. The van der Waals surface area contributed by atoms with E-state index in [-0.39, 0.29) is 13.3 Å². The molecule has 1 fully saturated rings. The van der Waals surface area contributed by atoms with Gasteiger partial charge in [0.25, 0.3) is 0 Å². The molecule has 0 bridgehead atoms. The first kappa shape index (κ1) is 29.9. The molecule has 1 N–H and O–H groups in total. The number of halogens is 1. The van der Waals surface area contributed by atoms with Gasteiger partial charge in [-0.3, -0.25) is 9.78 Å². The Hall–Kier alpha value is -4.07. The van der Waals surface area contributed by atoms with Crippen molar-refractivity contribution in [2.45, 2.75) is 38.8 Å². The van der Waals surface area contributed by atoms with Crippen LogP contribution in [0.1, 0.15) is 32.8 Å². The summed E-state index contributed by atoms with van der Waals surface area (Å²) in [5.74, 6) is -0.697. The number of ether oxygens (including phenoxy) is 4. The molecule has 0 radical (unpaired) electrons. The van der Waals surface area contributed by atoms with Crippen LogP contribution in [-0.2, 0) is 19.0 Å². The number of nitrogens with zero attached hydrogens (tertiary/aromatic N) is 3. The standard InChI is InChI=1S/C30H33ClN4O6/c1-30(2,3)41-29(37)34-25-11-12-35(16-22(25)28(36)39-5)26-21-13-18(9-10-24(21)33-15-23(26)31)20-8-6-7-19(14-32)27(20)40-17-38-4/h6-10,13,15,22,25H,11-12,16-17H2,1-5H3,(H,34,37)/t22-,25-/m1/s1. The van der Waals surface area contributed by atoms with Gasteiger partial charge in [0.1, 0.15) is 17.4 Å². The number of amides is 1. The zero-order chi connectivity index (χ0) is 29.7. The quantitative estimate of drug-likeness (QED) is 0.293. The van der Waals surface area contributed by atoms with Crippen LogP contribution in [0, 0.1) is 17.2 Å². The van der Waals surface area contributed by atoms with Crippen LogP contribution in [0.15, 0.2) is 42.6 Å². The summed E-state index contributed by atoms with van der Waals surface area (Å²) >= 11 is 6.74. The molecule has 1 aliphatic rings. The summed E-state index contributed by atoms with van der Waals surface area (Å²) in [4.78, 5) is 31.9. The number of methoxy groups -OCH3 is 2. The van der Waals surface area contributed by atoms with E-state index >= 15 is 0 Å². The van der Waals surface area contributed by atoms with Gasteiger partial charge in [-0.25, -0.2) is 4.79 Å². The number of anilines is 1. The van der Waals surface area contributed by atoms with Gasteiger partial charge in [-0.1, -0.05) is 29.8 Å². The second kappa shape index (κ2) is 12.6. The minimum Gasteiger partial charge on any atom is -0.469 e. The van der Waals surface area contributed by atoms with Crippen molar-refractivity contribution in [1.29, 1.82) is 5.26 Å². The number of alkyl carbamates (subject to hydrolysis) is 1. The normalized spacial score (nSPS) is 17.0. The third-order valence-electron chi connectivity index (χ3n) is 6.70. The van der Waals surface area contributed by atoms with Crippen LogP contribution in [0.3, 0.4) is 0 Å². The predicted molar refractivity (Wildman–Crippen MR) is 155 cm³/mol. The van der Waals surface area contributed by atoms with Gasteiger partial charge in [0.15, 0.2) is 6.79 Å². The average molecular weight is 581 g/mol. The zero-order valence-corrected chi connectivity index (χ0v) is 24.4. The number of benzene rings is 2. The molecule has 216 valence electrons. The molecule has 4 rings (SSSR count). The molecule has 3 aromatic rings. The fourth-order valence-electron chi connectivity index (χ4n) is 4.95. The number of nitriles is 1. The fraction of sp³-hybridized carbons (Fsp3) is 0.400. The molecule has 2 atom stereocenters. The third-order valence-corrected chi connectivity index (χ3v) is 6.97. The number of esters is 1. The van der Waals surface area contributed by atoms with Gasteiger partial charge in [-0.2, -0.15) is 5.26 Å². The highest BCUT2D eigenvalue weighted by atomic mass is 35.5. The number of hydrogen-bond acceptors (Lipinski definition) is 9. The van der Waals surface area contributed by atoms with E-state index in [1.54, 1.807) is 39.1 Å². The maximum atomic E-state index is 12.9. The molecule has 0 saturated carbocycles. The largest absolute Gasteiger partial charge is 0.469 e. The lowest BCUT2D eigenvalue weighted by molar-refractivity contribution is -0.146. The van der Waals surface area contributed by atoms with E-state index in [0.717, 1.165) is 10.9 Å². The van der Waals surface area contributed by atoms with E-state index in [9.17, 15) is 14.9 Å². The molecule has 1 aliphatic heterocycles. The number of rotatable bonds is 7. The second-order valence-corrected chi connectivity index (χ2v) is 11.1. The van der Waals surface area contributed by atoms with Crippen LogP contribution in [0.2, 0.25) is 5.02 Å². The summed E-state index contributed by atoms with van der Waals surface area (Å²) < 4.78 is 21.4. The van der Waals surface area contributed by atoms with Gasteiger partial charge in [0.2, 0.25) is 0 Å². The Balaban J connectivity index is 1.72. The van der Waals surface area contributed by atoms with Gasteiger partial charge in [-0.05, 0) is 51.0 Å². The van der Waals surface area contributed by atoms with Crippen molar-refractivity contribution in [3.05, 3.63) is 53.2 Å². The van der Waals surface area contributed by atoms with E-state index in [1.807, 2.05) is 29.2 Å². The lowest BCUT2D eigenvalue weighted by Gasteiger charge is -2.39. The summed E-state index contributed by atoms with van der Waals surface area (Å²) in [5.41, 5.74) is 2.61. The molecule has 1 saturated heterocycles. The number of piperidine rings is 1. The van der Waals surface area contributed by atoms with E-state index in [0.29, 0.717) is 46.1 Å². The van der Waals surface area contributed by atoms with Crippen LogP contribution < -0.4 is 15.0 Å². The number of aromatic nitrogens is 1. The summed E-state index contributed by atoms with van der Waals surface area (Å²) in [5, 5.41) is 13.7. The van der Waals surface area contributed by atoms with Gasteiger partial charge < -0.3 is 29.2 Å². The minimum atomic E-state index is -0.673. The molecule has 10 nitrogen and oxygen atoms in total. The summed E-state index contributed by atoms with van der Waals surface area (Å²) in [6.07, 6.45) is 1.45. The maximum absolute atomic E-state index is 12.9. The summed E-state index contributed by atoms with van der Waals surface area (Å²) in [6, 6.07) is 12.7. The predicted octanol–water partition coefficient (Wildman–Crippen LogP) is 5.30. The molecule has 0 spiro atoms. The number of nitrogens with one attached hydrogen (secondary N) is 1. The number of hydrogen-bond donors (Lipinski definition) is 1. The van der Waals surface area contributed by atoms with Crippen molar-refractivity contribution in [3.63, 3.8) is 0 Å². The lowest BCUT2D eigenvalue weighted by Crippen LogP contribution is -2.54. The average Bonchev–Trinajstić information content (AvgIpc) is 2.94. The first-order chi connectivity index (χ1) is 19.6. The SMILES string of the molecule is COCOc1c(C#N)cccc1-c1ccc2ncc(Cl)c(N3CC[C@@H](NC(=O)OC(C)(C)C)[C@H](C(=O)OC)C3)c2c1. The van der Waals surface area contributed by atoms with Crippen molar-refractivity contribution in [2.24, 2.45) is 5.92 Å². The molecule has 1 aromatic heterocycles. The number of fused-ring (bicyclic) bond motifs is 1. The Morgan fingerprint density at radius 3 is 2.68 bits per heavy atom. The number of pyridine rings is 1. The Morgan fingerprint density at radius 1 is 1.22 bits per heavy atom. The molecule has 2 aromatic carbocycles. The topological polar surface area (TPSA) is 123 Å². The van der Waals surface area contributed by atoms with Gasteiger partial charge >= 0.3 is 12.1 Å². The lowest BCUT2D eigenvalue weighted by atomic mass is 9.91. The monoisotopic (exact) mass is 580 g/mol. The van der Waals surface area contributed by atoms with E-state index in [1.165, 1.54) is 14.2 Å². The molecule has 2 heterocycles. The van der Waals surface area contributed by atoms with E-state index < -0.39 is 29.6 Å². The Kier molecular flexibility index (Phi) is 9.21. The summed E-state index contributed by atoms with van der Waals surface area (Å²) in [6.45, 7) is 6.08. The van der Waals surface area contributed by atoms with Crippen molar-refractivity contribution in [2.75, 3.05) is 39.0 Å². The van der Waals surface area contributed by atoms with Crippen molar-refractivity contribution in [1.82, 2.24) is 10.3 Å². The highest BCUT2D eigenvalue weighted by molar-refractivity contribution is 6.34. The van der Waals surface area contributed by atoms with Crippen LogP contribution in [-0.4, -0.2) is 62.8 Å². The number of carbonyl (C=O) groups excluding carboxylic acids is 2. The highest BCUT2D eigenvalue weighted by Crippen LogP contribution is 2.40. The van der Waals surface area contributed by atoms with Gasteiger partial charge in [0.05, 0.1) is 34.8 Å². The number of carbonyl (C=O) groups is 2. The minimum absolute atomic E-state index is 0.0148. The molecular weight excluding hydrogens is 548 g/mol. The second-order valence-electron chi connectivity index (χ2n) is 10.6. The van der Waals surface area contributed by atoms with Gasteiger partial charge in [0, 0.05) is 43.4 Å². The smallest absolute Gasteiger partial charge is 0.407 e. The van der Waals surface area contributed by atoms with E-state index in [2.05, 4.69) is 16.4 Å². The molecule has 0 aliphatic carbocycles. The number of para-hydroxylation sites is 1. The summed E-state index contributed by atoms with van der Waals surface area (Å²) in [7, 11) is 2.84. The molecule has 1 amide bonds. The molecular formula is C30H33ClN4O6. The maximum Gasteiger partial charge on any atom is 0.407 e. The highest BCUT2D eigenvalue weighted by Gasteiger charge is 2.38. The Labute approximate surface area is 244 Å². The first-order valence-electron chi connectivity index (χ1n) is 13.1. The molecule has 11 heteroatoms. The molecule has 41 heavy (non-hydrogen) atoms.